The number of carbonyl (C=O) groups excluding carboxylic acids is 2. The van der Waals surface area contributed by atoms with Gasteiger partial charge in [-0.05, 0) is 56.9 Å². The highest BCUT2D eigenvalue weighted by Crippen LogP contribution is 2.30. The van der Waals surface area contributed by atoms with Crippen molar-refractivity contribution in [2.45, 2.75) is 50.9 Å². The largest absolute Gasteiger partial charge is 0.473 e. The van der Waals surface area contributed by atoms with Crippen LogP contribution in [-0.4, -0.2) is 48.3 Å². The average molecular weight is 528 g/mol. The van der Waals surface area contributed by atoms with Crippen molar-refractivity contribution in [3.05, 3.63) is 71.3 Å². The fourth-order valence-corrected chi connectivity index (χ4v) is 4.58. The first-order valence-electron chi connectivity index (χ1n) is 11.9. The smallest absolute Gasteiger partial charge is 0.417 e. The van der Waals surface area contributed by atoms with Crippen LogP contribution in [0.4, 0.5) is 13.2 Å². The predicted octanol–water partition coefficient (Wildman–Crippen LogP) is 3.46. The van der Waals surface area contributed by atoms with Gasteiger partial charge in [0.25, 0.3) is 11.8 Å². The number of nitrogens with zero attached hydrogens (tertiary/aromatic N) is 5. The molecule has 3 N–H and O–H groups in total. The van der Waals surface area contributed by atoms with Crippen molar-refractivity contribution in [1.82, 2.24) is 29.7 Å². The van der Waals surface area contributed by atoms with Gasteiger partial charge in [0, 0.05) is 18.4 Å². The van der Waals surface area contributed by atoms with Crippen LogP contribution in [0.25, 0.3) is 11.3 Å². The van der Waals surface area contributed by atoms with E-state index in [2.05, 4.69) is 20.5 Å². The Morgan fingerprint density at radius 3 is 2.53 bits per heavy atom. The molecule has 1 aliphatic rings. The molecule has 198 valence electrons. The minimum absolute atomic E-state index is 0.106. The Morgan fingerprint density at radius 1 is 1.11 bits per heavy atom. The standard InChI is InChI=1S/C25H24F3N7O3/c1-14-18(13-31-35(14)20-10-5-15(12-30-20)25(26,27)28)23(37)32-16-6-8-17(9-7-16)38-24-21(22(29)36)19-4-2-3-11-34(19)33-24/h2-5,10-13,16-17H,6-9H2,1H3,(H2,29,36)(H,32,37)/t16-,17-. The number of fused-ring (bicyclic) bond motifs is 1. The van der Waals surface area contributed by atoms with Crippen molar-refractivity contribution in [3.8, 4) is 11.7 Å². The van der Waals surface area contributed by atoms with Gasteiger partial charge in [-0.2, -0.15) is 18.3 Å². The van der Waals surface area contributed by atoms with Crippen LogP contribution in [0.2, 0.25) is 0 Å². The van der Waals surface area contributed by atoms with Gasteiger partial charge in [0.1, 0.15) is 11.7 Å². The molecular formula is C25H24F3N7O3. The molecule has 13 heteroatoms. The van der Waals surface area contributed by atoms with Gasteiger partial charge in [0.05, 0.1) is 28.5 Å². The van der Waals surface area contributed by atoms with Gasteiger partial charge >= 0.3 is 6.18 Å². The number of aromatic nitrogens is 5. The lowest BCUT2D eigenvalue weighted by Gasteiger charge is -2.29. The second-order valence-electron chi connectivity index (χ2n) is 9.10. The van der Waals surface area contributed by atoms with Crippen molar-refractivity contribution in [3.63, 3.8) is 0 Å². The van der Waals surface area contributed by atoms with E-state index < -0.39 is 17.6 Å². The molecule has 4 aromatic heterocycles. The van der Waals surface area contributed by atoms with Gasteiger partial charge in [-0.1, -0.05) is 6.07 Å². The number of carbonyl (C=O) groups is 2. The fourth-order valence-electron chi connectivity index (χ4n) is 4.58. The number of pyridine rings is 2. The van der Waals surface area contributed by atoms with Crippen LogP contribution in [0.5, 0.6) is 5.88 Å². The van der Waals surface area contributed by atoms with Gasteiger partial charge in [-0.15, -0.1) is 5.10 Å². The van der Waals surface area contributed by atoms with E-state index in [9.17, 15) is 22.8 Å². The number of halogens is 3. The maximum Gasteiger partial charge on any atom is 0.417 e. The van der Waals surface area contributed by atoms with E-state index in [0.717, 1.165) is 12.3 Å². The molecule has 38 heavy (non-hydrogen) atoms. The van der Waals surface area contributed by atoms with Crippen molar-refractivity contribution in [1.29, 1.82) is 0 Å². The zero-order valence-electron chi connectivity index (χ0n) is 20.3. The zero-order valence-corrected chi connectivity index (χ0v) is 20.3. The van der Waals surface area contributed by atoms with Crippen LogP contribution in [0.15, 0.2) is 48.9 Å². The van der Waals surface area contributed by atoms with Crippen LogP contribution in [0.3, 0.4) is 0 Å². The molecule has 2 amide bonds. The van der Waals surface area contributed by atoms with Crippen LogP contribution in [0, 0.1) is 6.92 Å². The van der Waals surface area contributed by atoms with Crippen LogP contribution in [0.1, 0.15) is 57.7 Å². The lowest BCUT2D eigenvalue weighted by molar-refractivity contribution is -0.137. The van der Waals surface area contributed by atoms with E-state index in [0.29, 0.717) is 42.5 Å². The first-order chi connectivity index (χ1) is 18.1. The lowest BCUT2D eigenvalue weighted by Crippen LogP contribution is -2.40. The number of primary amides is 1. The molecule has 0 atom stereocenters. The highest BCUT2D eigenvalue weighted by atomic mass is 19.4. The lowest BCUT2D eigenvalue weighted by atomic mass is 9.92. The average Bonchev–Trinajstić information content (AvgIpc) is 3.45. The summed E-state index contributed by atoms with van der Waals surface area (Å²) in [6.45, 7) is 1.65. The van der Waals surface area contributed by atoms with Gasteiger partial charge in [-0.3, -0.25) is 9.59 Å². The van der Waals surface area contributed by atoms with Crippen LogP contribution >= 0.6 is 0 Å². The summed E-state index contributed by atoms with van der Waals surface area (Å²) in [4.78, 5) is 28.8. The number of ether oxygens (including phenoxy) is 1. The van der Waals surface area contributed by atoms with Crippen LogP contribution in [-0.2, 0) is 6.18 Å². The Kier molecular flexibility index (Phi) is 6.51. The number of nitrogens with one attached hydrogen (secondary N) is 1. The maximum atomic E-state index is 12.9. The minimum Gasteiger partial charge on any atom is -0.473 e. The summed E-state index contributed by atoms with van der Waals surface area (Å²) in [7, 11) is 0. The second kappa shape index (κ2) is 9.80. The maximum absolute atomic E-state index is 12.9. The quantitative estimate of drug-likeness (QED) is 0.395. The van der Waals surface area contributed by atoms with E-state index in [1.54, 1.807) is 35.8 Å². The Bertz CT molecular complexity index is 1490. The molecule has 0 unspecified atom stereocenters. The van der Waals surface area contributed by atoms with Crippen molar-refractivity contribution in [2.24, 2.45) is 5.73 Å². The number of rotatable bonds is 6. The molecule has 0 spiro atoms. The first kappa shape index (κ1) is 25.2. The van der Waals surface area contributed by atoms with E-state index >= 15 is 0 Å². The van der Waals surface area contributed by atoms with Crippen molar-refractivity contribution < 1.29 is 27.5 Å². The zero-order chi connectivity index (χ0) is 27.0. The SMILES string of the molecule is Cc1c(C(=O)N[C@H]2CC[C@H](Oc3nn4ccccc4c3C(N)=O)CC2)cnn1-c1ccc(C(F)(F)F)cn1. The van der Waals surface area contributed by atoms with Gasteiger partial charge in [0.2, 0.25) is 5.88 Å². The molecule has 4 aromatic rings. The van der Waals surface area contributed by atoms with Gasteiger partial charge in [-0.25, -0.2) is 14.2 Å². The summed E-state index contributed by atoms with van der Waals surface area (Å²) in [5.74, 6) is -0.587. The predicted molar refractivity (Wildman–Crippen MR) is 129 cm³/mol. The molecule has 1 aliphatic carbocycles. The molecule has 1 saturated carbocycles. The fraction of sp³-hybridized carbons (Fsp3) is 0.320. The van der Waals surface area contributed by atoms with E-state index in [-0.39, 0.29) is 35.3 Å². The molecule has 0 aliphatic heterocycles. The second-order valence-corrected chi connectivity index (χ2v) is 9.10. The third kappa shape index (κ3) is 4.91. The number of hydrogen-bond donors (Lipinski definition) is 2. The molecule has 5 rings (SSSR count). The van der Waals surface area contributed by atoms with Crippen molar-refractivity contribution >= 4 is 17.3 Å². The third-order valence-corrected chi connectivity index (χ3v) is 6.59. The summed E-state index contributed by atoms with van der Waals surface area (Å²) in [5, 5.41) is 11.5. The Morgan fingerprint density at radius 2 is 1.87 bits per heavy atom. The molecule has 10 nitrogen and oxygen atoms in total. The molecule has 0 saturated heterocycles. The molecule has 1 fully saturated rings. The summed E-state index contributed by atoms with van der Waals surface area (Å²) >= 11 is 0. The number of alkyl halides is 3. The summed E-state index contributed by atoms with van der Waals surface area (Å²) in [6, 6.07) is 7.33. The monoisotopic (exact) mass is 527 g/mol. The van der Waals surface area contributed by atoms with E-state index in [1.807, 2.05) is 0 Å². The normalized spacial score (nSPS) is 17.9. The summed E-state index contributed by atoms with van der Waals surface area (Å²) < 4.78 is 47.4. The highest BCUT2D eigenvalue weighted by Gasteiger charge is 2.31. The van der Waals surface area contributed by atoms with E-state index in [4.69, 9.17) is 10.5 Å². The Hall–Kier alpha value is -4.42. The Balaban J connectivity index is 1.20. The molecule has 0 bridgehead atoms. The molecule has 0 radical (unpaired) electrons. The molecule has 0 aromatic carbocycles. The topological polar surface area (TPSA) is 129 Å². The highest BCUT2D eigenvalue weighted by molar-refractivity contribution is 6.02. The third-order valence-electron chi connectivity index (χ3n) is 6.59. The number of nitrogens with two attached hydrogens (primary N) is 1. The molecular weight excluding hydrogens is 503 g/mol. The Labute approximate surface area is 214 Å². The van der Waals surface area contributed by atoms with Crippen LogP contribution < -0.4 is 15.8 Å². The number of amides is 2. The number of hydrogen-bond acceptors (Lipinski definition) is 6. The minimum atomic E-state index is -4.49. The van der Waals surface area contributed by atoms with E-state index in [1.165, 1.54) is 16.9 Å². The summed E-state index contributed by atoms with van der Waals surface area (Å²) in [5.41, 5.74) is 6.26. The van der Waals surface area contributed by atoms with Crippen molar-refractivity contribution in [2.75, 3.05) is 0 Å². The van der Waals surface area contributed by atoms with Gasteiger partial charge < -0.3 is 15.8 Å². The first-order valence-corrected chi connectivity index (χ1v) is 11.9. The van der Waals surface area contributed by atoms with Gasteiger partial charge in [0.15, 0.2) is 5.82 Å². The molecule has 4 heterocycles. The summed E-state index contributed by atoms with van der Waals surface area (Å²) in [6.07, 6.45) is 1.67.